The Balaban J connectivity index is 1.99. The fourth-order valence-corrected chi connectivity index (χ4v) is 3.30. The summed E-state index contributed by atoms with van der Waals surface area (Å²) in [6.45, 7) is 2.20. The summed E-state index contributed by atoms with van der Waals surface area (Å²) >= 11 is 6.27. The van der Waals surface area contributed by atoms with Gasteiger partial charge in [0, 0.05) is 12.8 Å². The average molecular weight is 406 g/mol. The number of hydrogen-bond donors (Lipinski definition) is 1. The summed E-state index contributed by atoms with van der Waals surface area (Å²) in [6.07, 6.45) is 4.95. The van der Waals surface area contributed by atoms with Crippen molar-refractivity contribution in [2.45, 2.75) is 24.9 Å². The second-order valence-electron chi connectivity index (χ2n) is 6.40. The molecule has 1 aromatic carbocycles. The number of halogens is 2. The minimum atomic E-state index is -0.503. The summed E-state index contributed by atoms with van der Waals surface area (Å²) < 4.78 is 25.7. The molecular weight excluding hydrogens is 385 g/mol. The fourth-order valence-electron chi connectivity index (χ4n) is 2.94. The molecule has 0 amide bonds. The first kappa shape index (κ1) is 20.1. The quantitative estimate of drug-likeness (QED) is 0.747. The summed E-state index contributed by atoms with van der Waals surface area (Å²) in [5.41, 5.74) is 1.84. The van der Waals surface area contributed by atoms with Crippen LogP contribution in [0.5, 0.6) is 5.75 Å². The molecule has 3 rings (SSSR count). The molecule has 2 atom stereocenters. The number of anilines is 1. The van der Waals surface area contributed by atoms with Crippen LogP contribution in [0.3, 0.4) is 0 Å². The maximum absolute atomic E-state index is 13.6. The molecule has 148 valence electrons. The van der Waals surface area contributed by atoms with Gasteiger partial charge in [-0.05, 0) is 36.3 Å². The summed E-state index contributed by atoms with van der Waals surface area (Å²) in [5, 5.41) is 2.88. The van der Waals surface area contributed by atoms with Crippen molar-refractivity contribution in [1.82, 2.24) is 9.55 Å². The molecule has 0 fully saturated rings. The normalized spacial score (nSPS) is 19.0. The molecular formula is C20H21ClFN3O3. The van der Waals surface area contributed by atoms with Gasteiger partial charge in [0.15, 0.2) is 0 Å². The van der Waals surface area contributed by atoms with Gasteiger partial charge in [-0.15, -0.1) is 11.6 Å². The number of alkyl halides is 1. The van der Waals surface area contributed by atoms with Gasteiger partial charge < -0.3 is 19.4 Å². The van der Waals surface area contributed by atoms with E-state index in [9.17, 15) is 9.18 Å². The Morgan fingerprint density at radius 1 is 1.32 bits per heavy atom. The second-order valence-corrected chi connectivity index (χ2v) is 6.90. The van der Waals surface area contributed by atoms with Crippen LogP contribution in [0.15, 0.2) is 58.7 Å². The molecule has 0 saturated heterocycles. The lowest BCUT2D eigenvalue weighted by atomic mass is 10.0. The first-order valence-electron chi connectivity index (χ1n) is 8.65. The zero-order valence-electron chi connectivity index (χ0n) is 15.8. The van der Waals surface area contributed by atoms with Gasteiger partial charge in [-0.2, -0.15) is 4.98 Å². The molecule has 28 heavy (non-hydrogen) atoms. The Bertz CT molecular complexity index is 987. The van der Waals surface area contributed by atoms with Gasteiger partial charge in [-0.1, -0.05) is 18.2 Å². The molecule has 1 aromatic heterocycles. The number of nitrogens with one attached hydrogen (secondary N) is 1. The number of benzene rings is 1. The standard InChI is InChI=1S/C20H21ClFN3O3/c1-12-7-15(21)17(27-2)9-16(12)23-20-24-19(26)18(28-3)11-25(20)10-13-5-4-6-14(22)8-13/h4-9,11,15,17H,10H2,1-3H3,(H,23,24,26). The Hall–Kier alpha value is -2.64. The van der Waals surface area contributed by atoms with Crippen molar-refractivity contribution in [3.05, 3.63) is 75.6 Å². The first-order valence-corrected chi connectivity index (χ1v) is 9.09. The number of aromatic nitrogens is 2. The lowest BCUT2D eigenvalue weighted by Gasteiger charge is -2.25. The molecule has 1 aliphatic rings. The van der Waals surface area contributed by atoms with Crippen molar-refractivity contribution in [1.29, 1.82) is 0 Å². The molecule has 0 bridgehead atoms. The van der Waals surface area contributed by atoms with E-state index in [1.807, 2.05) is 19.1 Å². The highest BCUT2D eigenvalue weighted by molar-refractivity contribution is 6.22. The van der Waals surface area contributed by atoms with E-state index < -0.39 is 5.56 Å². The molecule has 0 aliphatic heterocycles. The smallest absolute Gasteiger partial charge is 0.316 e. The maximum atomic E-state index is 13.6. The van der Waals surface area contributed by atoms with Crippen molar-refractivity contribution in [2.24, 2.45) is 0 Å². The number of rotatable bonds is 6. The lowest BCUT2D eigenvalue weighted by molar-refractivity contribution is 0.144. The largest absolute Gasteiger partial charge is 0.490 e. The monoisotopic (exact) mass is 405 g/mol. The molecule has 8 heteroatoms. The van der Waals surface area contributed by atoms with E-state index in [-0.39, 0.29) is 23.0 Å². The van der Waals surface area contributed by atoms with Crippen LogP contribution >= 0.6 is 11.6 Å². The predicted octanol–water partition coefficient (Wildman–Crippen LogP) is 3.32. The van der Waals surface area contributed by atoms with Gasteiger partial charge in [0.1, 0.15) is 5.82 Å². The Morgan fingerprint density at radius 3 is 2.79 bits per heavy atom. The molecule has 1 N–H and O–H groups in total. The number of hydrogen-bond acceptors (Lipinski definition) is 5. The molecule has 6 nitrogen and oxygen atoms in total. The zero-order chi connectivity index (χ0) is 20.3. The Morgan fingerprint density at radius 2 is 2.11 bits per heavy atom. The maximum Gasteiger partial charge on any atom is 0.316 e. The van der Waals surface area contributed by atoms with E-state index >= 15 is 0 Å². The lowest BCUT2D eigenvalue weighted by Crippen LogP contribution is -2.27. The third-order valence-electron chi connectivity index (χ3n) is 4.42. The molecule has 2 aromatic rings. The highest BCUT2D eigenvalue weighted by Gasteiger charge is 2.22. The number of ether oxygens (including phenoxy) is 2. The van der Waals surface area contributed by atoms with Crippen LogP contribution in [0.25, 0.3) is 0 Å². The van der Waals surface area contributed by atoms with Crippen LogP contribution < -0.4 is 15.6 Å². The molecule has 0 radical (unpaired) electrons. The molecule has 1 heterocycles. The van der Waals surface area contributed by atoms with Gasteiger partial charge in [0.25, 0.3) is 0 Å². The summed E-state index contributed by atoms with van der Waals surface area (Å²) in [4.78, 5) is 16.3. The van der Waals surface area contributed by atoms with Gasteiger partial charge in [-0.3, -0.25) is 4.79 Å². The minimum Gasteiger partial charge on any atom is -0.490 e. The van der Waals surface area contributed by atoms with Crippen LogP contribution in [0.1, 0.15) is 12.5 Å². The van der Waals surface area contributed by atoms with Crippen LogP contribution in [-0.2, 0) is 11.3 Å². The molecule has 0 saturated carbocycles. The van der Waals surface area contributed by atoms with Crippen molar-refractivity contribution in [3.63, 3.8) is 0 Å². The van der Waals surface area contributed by atoms with Crippen LogP contribution in [0.4, 0.5) is 10.3 Å². The number of nitrogens with zero attached hydrogens (tertiary/aromatic N) is 2. The van der Waals surface area contributed by atoms with Crippen molar-refractivity contribution < 1.29 is 13.9 Å². The zero-order valence-corrected chi connectivity index (χ0v) is 16.5. The highest BCUT2D eigenvalue weighted by atomic mass is 35.5. The van der Waals surface area contributed by atoms with Crippen molar-refractivity contribution >= 4 is 17.5 Å². The van der Waals surface area contributed by atoms with Crippen molar-refractivity contribution in [2.75, 3.05) is 19.5 Å². The van der Waals surface area contributed by atoms with E-state index in [1.54, 1.807) is 30.0 Å². The molecule has 0 spiro atoms. The first-order chi connectivity index (χ1) is 13.4. The van der Waals surface area contributed by atoms with E-state index in [4.69, 9.17) is 21.1 Å². The van der Waals surface area contributed by atoms with Crippen molar-refractivity contribution in [3.8, 4) is 5.75 Å². The third-order valence-corrected chi connectivity index (χ3v) is 4.80. The Labute approximate surface area is 167 Å². The summed E-state index contributed by atoms with van der Waals surface area (Å²) in [5.74, 6) is 0.0669. The third kappa shape index (κ3) is 4.43. The van der Waals surface area contributed by atoms with E-state index in [0.717, 1.165) is 16.8 Å². The van der Waals surface area contributed by atoms with E-state index in [1.165, 1.54) is 19.2 Å². The SMILES string of the molecule is COc1cn(Cc2cccc(F)c2)c(NC2=CC(OC)C(Cl)C=C2C)nc1=O. The fraction of sp³-hybridized carbons (Fsp3) is 0.300. The Kier molecular flexibility index (Phi) is 6.16. The van der Waals surface area contributed by atoms with Gasteiger partial charge in [0.05, 0.1) is 31.3 Å². The average Bonchev–Trinajstić information content (AvgIpc) is 2.66. The topological polar surface area (TPSA) is 65.4 Å². The highest BCUT2D eigenvalue weighted by Crippen LogP contribution is 2.25. The minimum absolute atomic E-state index is 0.0995. The predicted molar refractivity (Wildman–Crippen MR) is 106 cm³/mol. The van der Waals surface area contributed by atoms with Crippen LogP contribution in [0.2, 0.25) is 0 Å². The van der Waals surface area contributed by atoms with Gasteiger partial charge in [-0.25, -0.2) is 4.39 Å². The van der Waals surface area contributed by atoms with Gasteiger partial charge in [0.2, 0.25) is 11.7 Å². The van der Waals surface area contributed by atoms with E-state index in [2.05, 4.69) is 10.3 Å². The van der Waals surface area contributed by atoms with E-state index in [0.29, 0.717) is 12.5 Å². The summed E-state index contributed by atoms with van der Waals surface area (Å²) in [6, 6.07) is 6.23. The van der Waals surface area contributed by atoms with Crippen LogP contribution in [-0.4, -0.2) is 35.3 Å². The van der Waals surface area contributed by atoms with Crippen LogP contribution in [0, 0.1) is 5.82 Å². The van der Waals surface area contributed by atoms with Gasteiger partial charge >= 0.3 is 5.56 Å². The number of methoxy groups -OCH3 is 2. The second kappa shape index (κ2) is 8.58. The molecule has 2 unspecified atom stereocenters. The molecule has 1 aliphatic carbocycles. The summed E-state index contributed by atoms with van der Waals surface area (Å²) in [7, 11) is 2.98. The number of allylic oxidation sites excluding steroid dienone is 1.